The fourth-order valence-electron chi connectivity index (χ4n) is 5.15. The Bertz CT molecular complexity index is 1090. The molecule has 0 N–H and O–H groups in total. The Kier molecular flexibility index (Phi) is 8.39. The van der Waals surface area contributed by atoms with Crippen molar-refractivity contribution in [2.75, 3.05) is 53.7 Å². The third-order valence-corrected chi connectivity index (χ3v) is 7.65. The number of carbonyl (C=O) groups is 2. The molecule has 2 fully saturated rings. The van der Waals surface area contributed by atoms with Gasteiger partial charge in [-0.3, -0.25) is 14.6 Å². The van der Waals surface area contributed by atoms with Crippen LogP contribution < -0.4 is 18.9 Å². The van der Waals surface area contributed by atoms with Gasteiger partial charge in [-0.25, -0.2) is 4.79 Å². The van der Waals surface area contributed by atoms with E-state index in [0.29, 0.717) is 49.9 Å². The molecule has 0 saturated carbocycles. The molecule has 4 rings (SSSR count). The van der Waals surface area contributed by atoms with Gasteiger partial charge in [-0.15, -0.1) is 11.8 Å². The highest BCUT2D eigenvalue weighted by molar-refractivity contribution is 7.98. The number of carbonyl (C=O) groups excluding carboxylic acids is 2. The number of rotatable bonds is 10. The number of hydrogen-bond donors (Lipinski definition) is 0. The van der Waals surface area contributed by atoms with Crippen molar-refractivity contribution >= 4 is 23.7 Å². The summed E-state index contributed by atoms with van der Waals surface area (Å²) in [5, 5.41) is 0. The van der Waals surface area contributed by atoms with Crippen molar-refractivity contribution in [1.82, 2.24) is 14.7 Å². The van der Waals surface area contributed by atoms with Crippen LogP contribution in [0.1, 0.15) is 24.0 Å². The lowest BCUT2D eigenvalue weighted by molar-refractivity contribution is -0.135. The van der Waals surface area contributed by atoms with Crippen LogP contribution >= 0.6 is 11.8 Å². The highest BCUT2D eigenvalue weighted by Crippen LogP contribution is 2.39. The molecule has 37 heavy (non-hydrogen) atoms. The number of likely N-dealkylation sites (tertiary alicyclic amines) is 1. The molecule has 2 heterocycles. The third-order valence-electron chi connectivity index (χ3n) is 7.13. The second kappa shape index (κ2) is 11.5. The van der Waals surface area contributed by atoms with E-state index in [1.807, 2.05) is 36.6 Å². The Labute approximate surface area is 222 Å². The van der Waals surface area contributed by atoms with Gasteiger partial charge in [-0.2, -0.15) is 0 Å². The molecule has 0 radical (unpaired) electrons. The zero-order valence-corrected chi connectivity index (χ0v) is 22.9. The number of benzene rings is 2. The van der Waals surface area contributed by atoms with Gasteiger partial charge in [0.2, 0.25) is 0 Å². The Morgan fingerprint density at radius 1 is 0.757 bits per heavy atom. The van der Waals surface area contributed by atoms with Crippen molar-refractivity contribution < 1.29 is 28.5 Å². The Balaban J connectivity index is 1.52. The number of amides is 3. The van der Waals surface area contributed by atoms with Crippen LogP contribution in [0.2, 0.25) is 0 Å². The second-order valence-electron chi connectivity index (χ2n) is 9.27. The summed E-state index contributed by atoms with van der Waals surface area (Å²) in [6, 6.07) is 11.0. The fourth-order valence-corrected chi connectivity index (χ4v) is 5.77. The smallest absolute Gasteiger partial charge is 0.328 e. The van der Waals surface area contributed by atoms with Crippen LogP contribution in [0.3, 0.4) is 0 Å². The third kappa shape index (κ3) is 5.45. The van der Waals surface area contributed by atoms with Crippen LogP contribution in [0.5, 0.6) is 23.0 Å². The van der Waals surface area contributed by atoms with Gasteiger partial charge >= 0.3 is 6.03 Å². The number of piperidine rings is 1. The first-order valence-corrected chi connectivity index (χ1v) is 13.6. The van der Waals surface area contributed by atoms with Crippen molar-refractivity contribution in [3.63, 3.8) is 0 Å². The highest BCUT2D eigenvalue weighted by atomic mass is 32.2. The van der Waals surface area contributed by atoms with Crippen LogP contribution in [0.25, 0.3) is 0 Å². The Hall–Kier alpha value is -3.11. The van der Waals surface area contributed by atoms with E-state index in [1.165, 1.54) is 4.90 Å². The van der Waals surface area contributed by atoms with Gasteiger partial charge in [0, 0.05) is 31.8 Å². The molecule has 10 heteroatoms. The molecule has 1 spiro atoms. The van der Waals surface area contributed by atoms with E-state index in [0.717, 1.165) is 22.6 Å². The zero-order chi connectivity index (χ0) is 26.6. The van der Waals surface area contributed by atoms with E-state index in [2.05, 4.69) is 4.90 Å². The molecule has 2 aliphatic heterocycles. The van der Waals surface area contributed by atoms with E-state index in [1.54, 1.807) is 51.2 Å². The monoisotopic (exact) mass is 529 g/mol. The number of nitrogens with zero attached hydrogens (tertiary/aromatic N) is 3. The lowest BCUT2D eigenvalue weighted by Crippen LogP contribution is -2.56. The number of hydrogen-bond acceptors (Lipinski definition) is 8. The molecular formula is C27H35N3O6S. The number of imide groups is 1. The van der Waals surface area contributed by atoms with Crippen LogP contribution in [0.15, 0.2) is 36.4 Å². The SMILES string of the molecule is COc1cc(CN2CCC3(CC2)C(=O)N(Cc2cc(OC)cc(OC)c2)C(=O)N3CSC)cc(OC)c1. The van der Waals surface area contributed by atoms with E-state index in [4.69, 9.17) is 18.9 Å². The number of ether oxygens (including phenoxy) is 4. The van der Waals surface area contributed by atoms with Crippen LogP contribution in [0.4, 0.5) is 4.79 Å². The maximum Gasteiger partial charge on any atom is 0.328 e. The Morgan fingerprint density at radius 3 is 1.65 bits per heavy atom. The zero-order valence-electron chi connectivity index (χ0n) is 22.1. The maximum absolute atomic E-state index is 13.9. The van der Waals surface area contributed by atoms with Crippen LogP contribution in [-0.2, 0) is 17.9 Å². The van der Waals surface area contributed by atoms with Gasteiger partial charge in [0.15, 0.2) is 0 Å². The molecule has 2 saturated heterocycles. The molecule has 3 amide bonds. The first-order chi connectivity index (χ1) is 17.9. The summed E-state index contributed by atoms with van der Waals surface area (Å²) in [4.78, 5) is 32.8. The van der Waals surface area contributed by atoms with Crippen LogP contribution in [-0.4, -0.2) is 85.8 Å². The van der Waals surface area contributed by atoms with Gasteiger partial charge in [-0.05, 0) is 54.5 Å². The fraction of sp³-hybridized carbons (Fsp3) is 0.481. The summed E-state index contributed by atoms with van der Waals surface area (Å²) in [6.45, 7) is 2.28. The van der Waals surface area contributed by atoms with Crippen molar-refractivity contribution in [1.29, 1.82) is 0 Å². The maximum atomic E-state index is 13.9. The van der Waals surface area contributed by atoms with Gasteiger partial charge < -0.3 is 23.8 Å². The lowest BCUT2D eigenvalue weighted by Gasteiger charge is -2.42. The minimum Gasteiger partial charge on any atom is -0.497 e. The summed E-state index contributed by atoms with van der Waals surface area (Å²) in [5.41, 5.74) is 1.03. The second-order valence-corrected chi connectivity index (χ2v) is 10.1. The first-order valence-electron chi connectivity index (χ1n) is 12.2. The van der Waals surface area contributed by atoms with Gasteiger partial charge in [0.1, 0.15) is 28.5 Å². The molecule has 0 aromatic heterocycles. The van der Waals surface area contributed by atoms with E-state index in [9.17, 15) is 9.59 Å². The molecule has 0 atom stereocenters. The summed E-state index contributed by atoms with van der Waals surface area (Å²) in [7, 11) is 6.43. The summed E-state index contributed by atoms with van der Waals surface area (Å²) >= 11 is 1.55. The summed E-state index contributed by atoms with van der Waals surface area (Å²) in [5.74, 6) is 3.07. The van der Waals surface area contributed by atoms with E-state index in [-0.39, 0.29) is 18.5 Å². The van der Waals surface area contributed by atoms with Crippen molar-refractivity contribution in [3.05, 3.63) is 47.5 Å². The molecule has 2 aliphatic rings. The normalized spacial score (nSPS) is 17.4. The van der Waals surface area contributed by atoms with Gasteiger partial charge in [-0.1, -0.05) is 0 Å². The van der Waals surface area contributed by atoms with Gasteiger partial charge in [0.05, 0.1) is 40.9 Å². The molecule has 0 bridgehead atoms. The molecule has 0 unspecified atom stereocenters. The average molecular weight is 530 g/mol. The predicted octanol–water partition coefficient (Wildman–Crippen LogP) is 3.84. The Morgan fingerprint density at radius 2 is 1.22 bits per heavy atom. The summed E-state index contributed by atoms with van der Waals surface area (Å²) in [6.07, 6.45) is 3.11. The molecular weight excluding hydrogens is 494 g/mol. The van der Waals surface area contributed by atoms with Crippen molar-refractivity contribution in [2.45, 2.75) is 31.5 Å². The predicted molar refractivity (Wildman–Crippen MR) is 143 cm³/mol. The molecule has 9 nitrogen and oxygen atoms in total. The number of methoxy groups -OCH3 is 4. The van der Waals surface area contributed by atoms with Gasteiger partial charge in [0.25, 0.3) is 5.91 Å². The lowest BCUT2D eigenvalue weighted by atomic mass is 9.86. The quantitative estimate of drug-likeness (QED) is 0.430. The highest BCUT2D eigenvalue weighted by Gasteiger charge is 2.57. The minimum absolute atomic E-state index is 0.129. The topological polar surface area (TPSA) is 80.8 Å². The largest absolute Gasteiger partial charge is 0.497 e. The van der Waals surface area contributed by atoms with E-state index < -0.39 is 5.54 Å². The summed E-state index contributed by atoms with van der Waals surface area (Å²) < 4.78 is 21.6. The van der Waals surface area contributed by atoms with Crippen LogP contribution in [0, 0.1) is 0 Å². The standard InChI is InChI=1S/C27H35N3O6S/c1-33-21-10-19(11-22(14-21)34-2)16-28-8-6-27(7-9-28)25(31)29(26(32)30(27)18-37-5)17-20-12-23(35-3)15-24(13-20)36-4/h10-15H,6-9,16-18H2,1-5H3. The minimum atomic E-state index is -0.828. The van der Waals surface area contributed by atoms with Crippen molar-refractivity contribution in [3.8, 4) is 23.0 Å². The molecule has 2 aromatic carbocycles. The molecule has 0 aliphatic carbocycles. The molecule has 2 aromatic rings. The number of urea groups is 1. The van der Waals surface area contributed by atoms with Crippen molar-refractivity contribution in [2.24, 2.45) is 0 Å². The van der Waals surface area contributed by atoms with E-state index >= 15 is 0 Å². The molecule has 200 valence electrons. The number of thioether (sulfide) groups is 1. The average Bonchev–Trinajstić information content (AvgIpc) is 3.10. The first kappa shape index (κ1) is 26.9.